The Hall–Kier alpha value is -1.82. The molecule has 136 valence electrons. The summed E-state index contributed by atoms with van der Waals surface area (Å²) < 4.78 is 65.0. The number of ketones is 2. The lowest BCUT2D eigenvalue weighted by molar-refractivity contribution is 0.0974. The van der Waals surface area contributed by atoms with Gasteiger partial charge in [-0.25, -0.2) is 0 Å². The summed E-state index contributed by atoms with van der Waals surface area (Å²) in [7, 11) is -9.83. The van der Waals surface area contributed by atoms with Crippen LogP contribution in [0.3, 0.4) is 0 Å². The molecule has 8 nitrogen and oxygen atoms in total. The highest BCUT2D eigenvalue weighted by atomic mass is 35.5. The van der Waals surface area contributed by atoms with E-state index in [4.69, 9.17) is 23.2 Å². The van der Waals surface area contributed by atoms with E-state index in [1.807, 2.05) is 0 Å². The van der Waals surface area contributed by atoms with Crippen molar-refractivity contribution in [2.45, 2.75) is 9.79 Å². The fraction of sp³-hybridized carbons (Fsp3) is 0. The fourth-order valence-electron chi connectivity index (χ4n) is 2.69. The number of fused-ring (bicyclic) bond motifs is 2. The SMILES string of the molecule is O=C1c2c(Cl)ccc(S(=O)(=O)O)c2C(=O)c2c(Cl)ccc(S(=O)(=O)O)c21. The number of rotatable bonds is 2. The van der Waals surface area contributed by atoms with Gasteiger partial charge in [-0.2, -0.15) is 16.8 Å². The second-order valence-corrected chi connectivity index (χ2v) is 8.79. The summed E-state index contributed by atoms with van der Waals surface area (Å²) in [6.45, 7) is 0. The van der Waals surface area contributed by atoms with Crippen LogP contribution in [0, 0.1) is 0 Å². The van der Waals surface area contributed by atoms with Gasteiger partial charge in [-0.1, -0.05) is 23.2 Å². The normalized spacial score (nSPS) is 14.2. The number of benzene rings is 2. The third-order valence-electron chi connectivity index (χ3n) is 3.70. The van der Waals surface area contributed by atoms with Gasteiger partial charge < -0.3 is 0 Å². The average Bonchev–Trinajstić information content (AvgIpc) is 2.49. The third-order valence-corrected chi connectivity index (χ3v) is 6.12. The Morgan fingerprint density at radius 1 is 0.615 bits per heavy atom. The maximum absolute atomic E-state index is 12.8. The van der Waals surface area contributed by atoms with Crippen LogP contribution in [-0.4, -0.2) is 37.5 Å². The molecule has 0 aliphatic heterocycles. The summed E-state index contributed by atoms with van der Waals surface area (Å²) in [4.78, 5) is 23.9. The molecular formula is C14H6Cl2O8S2. The molecule has 0 amide bonds. The van der Waals surface area contributed by atoms with Crippen molar-refractivity contribution in [2.75, 3.05) is 0 Å². The largest absolute Gasteiger partial charge is 0.295 e. The molecule has 0 bridgehead atoms. The molecule has 0 heterocycles. The first-order valence-corrected chi connectivity index (χ1v) is 10.2. The molecule has 1 aliphatic carbocycles. The van der Waals surface area contributed by atoms with Crippen molar-refractivity contribution in [3.8, 4) is 0 Å². The van der Waals surface area contributed by atoms with Crippen LogP contribution in [0.2, 0.25) is 10.0 Å². The minimum absolute atomic E-state index is 0.349. The van der Waals surface area contributed by atoms with Crippen LogP contribution in [0.4, 0.5) is 0 Å². The van der Waals surface area contributed by atoms with Gasteiger partial charge in [0.25, 0.3) is 20.2 Å². The highest BCUT2D eigenvalue weighted by Gasteiger charge is 2.40. The summed E-state index contributed by atoms with van der Waals surface area (Å²) in [5.41, 5.74) is -2.70. The number of carbonyl (C=O) groups excluding carboxylic acids is 2. The molecule has 0 spiro atoms. The summed E-state index contributed by atoms with van der Waals surface area (Å²) in [5, 5.41) is -0.699. The van der Waals surface area contributed by atoms with Gasteiger partial charge in [-0.15, -0.1) is 0 Å². The van der Waals surface area contributed by atoms with E-state index in [-0.39, 0.29) is 10.0 Å². The topological polar surface area (TPSA) is 143 Å². The Labute approximate surface area is 156 Å². The van der Waals surface area contributed by atoms with Crippen molar-refractivity contribution >= 4 is 55.0 Å². The van der Waals surface area contributed by atoms with Crippen molar-refractivity contribution in [1.82, 2.24) is 0 Å². The maximum Gasteiger partial charge on any atom is 0.295 e. The second kappa shape index (κ2) is 5.84. The van der Waals surface area contributed by atoms with Crippen LogP contribution in [0.5, 0.6) is 0 Å². The minimum atomic E-state index is -4.91. The Morgan fingerprint density at radius 2 is 0.923 bits per heavy atom. The Morgan fingerprint density at radius 3 is 1.19 bits per heavy atom. The van der Waals surface area contributed by atoms with Crippen molar-refractivity contribution in [1.29, 1.82) is 0 Å². The summed E-state index contributed by atoms with van der Waals surface area (Å²) in [6, 6.07) is 3.56. The molecule has 0 aromatic heterocycles. The van der Waals surface area contributed by atoms with E-state index in [0.717, 1.165) is 24.3 Å². The van der Waals surface area contributed by atoms with E-state index >= 15 is 0 Å². The monoisotopic (exact) mass is 436 g/mol. The van der Waals surface area contributed by atoms with E-state index in [1.54, 1.807) is 0 Å². The molecule has 0 unspecified atom stereocenters. The van der Waals surface area contributed by atoms with Gasteiger partial charge in [-0.3, -0.25) is 18.7 Å². The number of halogens is 2. The van der Waals surface area contributed by atoms with Gasteiger partial charge in [0.1, 0.15) is 9.79 Å². The molecule has 3 rings (SSSR count). The van der Waals surface area contributed by atoms with Gasteiger partial charge in [-0.05, 0) is 24.3 Å². The first kappa shape index (κ1) is 19.0. The zero-order chi connectivity index (χ0) is 19.6. The van der Waals surface area contributed by atoms with Crippen molar-refractivity contribution in [2.24, 2.45) is 0 Å². The van der Waals surface area contributed by atoms with Gasteiger partial charge in [0, 0.05) is 0 Å². The summed E-state index contributed by atoms with van der Waals surface area (Å²) in [6.07, 6.45) is 0. The van der Waals surface area contributed by atoms with E-state index < -0.39 is 63.8 Å². The molecule has 2 N–H and O–H groups in total. The lowest BCUT2D eigenvalue weighted by Gasteiger charge is -2.22. The van der Waals surface area contributed by atoms with Crippen LogP contribution >= 0.6 is 23.2 Å². The fourth-order valence-corrected chi connectivity index (χ4v) is 4.56. The lowest BCUT2D eigenvalue weighted by Crippen LogP contribution is -2.26. The average molecular weight is 437 g/mol. The molecular weight excluding hydrogens is 431 g/mol. The van der Waals surface area contributed by atoms with Crippen LogP contribution in [0.15, 0.2) is 34.1 Å². The quantitative estimate of drug-likeness (QED) is 0.582. The van der Waals surface area contributed by atoms with E-state index in [1.165, 1.54) is 0 Å². The molecule has 0 radical (unpaired) electrons. The van der Waals surface area contributed by atoms with Gasteiger partial charge in [0.15, 0.2) is 11.6 Å². The first-order chi connectivity index (χ1) is 11.9. The molecule has 1 aliphatic rings. The van der Waals surface area contributed by atoms with E-state index in [0.29, 0.717) is 0 Å². The van der Waals surface area contributed by atoms with Gasteiger partial charge >= 0.3 is 0 Å². The molecule has 2 aromatic carbocycles. The maximum atomic E-state index is 12.8. The van der Waals surface area contributed by atoms with Crippen molar-refractivity contribution in [3.63, 3.8) is 0 Å². The standard InChI is InChI=1S/C14H6Cl2O8S2/c15-5-1-3-7(25(19,20)21)11-9(5)13(17)12-8(26(22,23)24)4-2-6(16)10(12)14(11)18/h1-4H,(H,19,20,21)(H,22,23,24). The van der Waals surface area contributed by atoms with Crippen LogP contribution in [0.25, 0.3) is 0 Å². The molecule has 0 fully saturated rings. The number of hydrogen-bond donors (Lipinski definition) is 2. The molecule has 2 aromatic rings. The van der Waals surface area contributed by atoms with Crippen molar-refractivity contribution < 1.29 is 35.5 Å². The number of hydrogen-bond acceptors (Lipinski definition) is 6. The molecule has 0 saturated carbocycles. The zero-order valence-corrected chi connectivity index (χ0v) is 15.4. The predicted molar refractivity (Wildman–Crippen MR) is 89.4 cm³/mol. The zero-order valence-electron chi connectivity index (χ0n) is 12.2. The molecule has 26 heavy (non-hydrogen) atoms. The van der Waals surface area contributed by atoms with Crippen LogP contribution in [-0.2, 0) is 20.2 Å². The Bertz CT molecular complexity index is 1130. The highest BCUT2D eigenvalue weighted by molar-refractivity contribution is 7.86. The van der Waals surface area contributed by atoms with Gasteiger partial charge in [0.05, 0.1) is 32.3 Å². The minimum Gasteiger partial charge on any atom is -0.288 e. The third kappa shape index (κ3) is 2.75. The summed E-state index contributed by atoms with van der Waals surface area (Å²) in [5.74, 6) is -2.28. The smallest absolute Gasteiger partial charge is 0.288 e. The lowest BCUT2D eigenvalue weighted by atomic mass is 9.84. The molecule has 0 atom stereocenters. The summed E-state index contributed by atoms with van der Waals surface area (Å²) >= 11 is 11.8. The Balaban J connectivity index is 2.54. The number of carbonyl (C=O) groups is 2. The predicted octanol–water partition coefficient (Wildman–Crippen LogP) is 2.26. The van der Waals surface area contributed by atoms with Crippen LogP contribution in [0.1, 0.15) is 31.8 Å². The van der Waals surface area contributed by atoms with Crippen molar-refractivity contribution in [3.05, 3.63) is 56.6 Å². The second-order valence-electron chi connectivity index (χ2n) is 5.20. The van der Waals surface area contributed by atoms with E-state index in [9.17, 15) is 35.5 Å². The highest BCUT2D eigenvalue weighted by Crippen LogP contribution is 2.40. The van der Waals surface area contributed by atoms with Crippen LogP contribution < -0.4 is 0 Å². The van der Waals surface area contributed by atoms with E-state index in [2.05, 4.69) is 0 Å². The Kier molecular flexibility index (Phi) is 4.26. The first-order valence-electron chi connectivity index (χ1n) is 6.55. The van der Waals surface area contributed by atoms with Gasteiger partial charge in [0.2, 0.25) is 0 Å². The molecule has 12 heteroatoms. The molecule has 0 saturated heterocycles.